The molecule has 3 fully saturated rings. The molecule has 1 aliphatic carbocycles. The maximum Gasteiger partial charge on any atom is 0.326 e. The first kappa shape index (κ1) is 56.5. The Kier molecular flexibility index (Phi) is 22.3. The van der Waals surface area contributed by atoms with E-state index in [1.54, 1.807) is 38.1 Å². The van der Waals surface area contributed by atoms with Crippen molar-refractivity contribution >= 4 is 74.8 Å². The summed E-state index contributed by atoms with van der Waals surface area (Å²) in [6, 6.07) is -2.59. The molecule has 1 saturated carbocycles. The molecule has 23 heteroatoms. The molecule has 12 N–H and O–H groups in total. The number of carbonyl (C=O) groups excluding carboxylic acids is 8. The first-order chi connectivity index (χ1) is 32.8. The number of carboxylic acids is 1. The molecule has 0 bridgehead atoms. The van der Waals surface area contributed by atoms with Crippen LogP contribution < -0.4 is 48.1 Å². The number of aliphatic hydroxyl groups is 1. The minimum absolute atomic E-state index is 0.0238. The number of nitrogens with two attached hydrogens (primary N) is 2. The molecule has 21 nitrogen and oxygen atoms in total. The molecule has 2 heterocycles. The fourth-order valence-corrected chi connectivity index (χ4v) is 12.0. The summed E-state index contributed by atoms with van der Waals surface area (Å²) >= 11 is 0. The number of carboxylic acid groups (broad SMARTS) is 1. The molecule has 1 spiro atoms. The van der Waals surface area contributed by atoms with Crippen LogP contribution >= 0.6 is 21.6 Å². The summed E-state index contributed by atoms with van der Waals surface area (Å²) in [5, 5.41) is 36.4. The number of nitrogens with one attached hydrogen (secondary N) is 6. The third-order valence-electron chi connectivity index (χ3n) is 12.7. The van der Waals surface area contributed by atoms with Crippen LogP contribution in [0.15, 0.2) is 24.3 Å². The summed E-state index contributed by atoms with van der Waals surface area (Å²) in [4.78, 5) is 125. The molecule has 9 atom stereocenters. The van der Waals surface area contributed by atoms with Crippen LogP contribution in [0.3, 0.4) is 0 Å². The Bertz CT molecular complexity index is 1970. The Labute approximate surface area is 411 Å². The number of likely N-dealkylation sites (tertiary alicyclic amines) is 1. The molecule has 0 radical (unpaired) electrons. The molecule has 384 valence electrons. The molecule has 0 aromatic heterocycles. The molecule has 4 rings (SSSR count). The highest BCUT2D eigenvalue weighted by Crippen LogP contribution is 2.48. The first-order valence-corrected chi connectivity index (χ1v) is 26.2. The van der Waals surface area contributed by atoms with Crippen LogP contribution in [0.1, 0.15) is 110 Å². The van der Waals surface area contributed by atoms with Crippen LogP contribution in [0, 0.1) is 5.92 Å². The molecule has 0 unspecified atom stereocenters. The van der Waals surface area contributed by atoms with Gasteiger partial charge in [0.05, 0.1) is 19.1 Å². The minimum atomic E-state index is -1.73. The Balaban J connectivity index is 1.76. The number of rotatable bonds is 16. The summed E-state index contributed by atoms with van der Waals surface area (Å²) < 4.78 is 4.90. The van der Waals surface area contributed by atoms with Gasteiger partial charge in [-0.05, 0) is 82.5 Å². The zero-order chi connectivity index (χ0) is 50.8. The van der Waals surface area contributed by atoms with Crippen molar-refractivity contribution in [3.8, 4) is 5.75 Å². The zero-order valence-corrected chi connectivity index (χ0v) is 41.6. The van der Waals surface area contributed by atoms with Crippen molar-refractivity contribution in [1.29, 1.82) is 0 Å². The lowest BCUT2D eigenvalue weighted by atomic mass is 9.85. The van der Waals surface area contributed by atoms with Gasteiger partial charge in [0.2, 0.25) is 47.3 Å². The minimum Gasteiger partial charge on any atom is -0.494 e. The monoisotopic (exact) mass is 1010 g/mol. The van der Waals surface area contributed by atoms with Crippen molar-refractivity contribution in [2.45, 2.75) is 164 Å². The quantitative estimate of drug-likeness (QED) is 0.0986. The maximum absolute atomic E-state index is 14.6. The van der Waals surface area contributed by atoms with E-state index in [-0.39, 0.29) is 44.5 Å². The number of amides is 8. The molecule has 1 aromatic carbocycles. The van der Waals surface area contributed by atoms with Gasteiger partial charge in [0.1, 0.15) is 48.0 Å². The predicted molar refractivity (Wildman–Crippen MR) is 259 cm³/mol. The van der Waals surface area contributed by atoms with Crippen LogP contribution in [-0.2, 0) is 49.6 Å². The van der Waals surface area contributed by atoms with E-state index >= 15 is 0 Å². The van der Waals surface area contributed by atoms with Gasteiger partial charge in [-0.2, -0.15) is 0 Å². The topological polar surface area (TPSA) is 331 Å². The van der Waals surface area contributed by atoms with Crippen LogP contribution in [0.2, 0.25) is 0 Å². The van der Waals surface area contributed by atoms with E-state index < -0.39 is 119 Å². The van der Waals surface area contributed by atoms with E-state index in [9.17, 15) is 53.4 Å². The SMILES string of the molecule is CCOc1ccc(C[C@@H]2NC(=O)CC3(CCCCC3)SSC[C@@H](C(=O)N3CCC[C@H]3C(=O)N[C@@H](CCCN)C(=O)O)NC(=O)[C@H](CC(N)=O)NC(=O)[C@H]([C@@H](C)O)NC(=O)[C@H]([C@@H](C)CC)NC2=O)cc1. The summed E-state index contributed by atoms with van der Waals surface area (Å²) in [6.07, 6.45) is 2.75. The average molecular weight is 1010 g/mol. The fraction of sp³-hybridized carbons (Fsp3) is 0.674. The lowest BCUT2D eigenvalue weighted by Crippen LogP contribution is -2.63. The van der Waals surface area contributed by atoms with Gasteiger partial charge in [-0.1, -0.05) is 73.3 Å². The molecular formula is C46H71N9O12S2. The van der Waals surface area contributed by atoms with Gasteiger partial charge >= 0.3 is 5.97 Å². The zero-order valence-electron chi connectivity index (χ0n) is 39.9. The van der Waals surface area contributed by atoms with E-state index in [2.05, 4.69) is 31.9 Å². The number of primary amides is 1. The van der Waals surface area contributed by atoms with Crippen LogP contribution in [0.4, 0.5) is 0 Å². The van der Waals surface area contributed by atoms with E-state index in [1.807, 2.05) is 6.92 Å². The molecule has 8 amide bonds. The second kappa shape index (κ2) is 27.3. The van der Waals surface area contributed by atoms with Crippen molar-refractivity contribution < 1.29 is 58.1 Å². The summed E-state index contributed by atoms with van der Waals surface area (Å²) in [5.74, 6) is -7.77. The van der Waals surface area contributed by atoms with Gasteiger partial charge < -0.3 is 63.2 Å². The Morgan fingerprint density at radius 2 is 1.54 bits per heavy atom. The summed E-state index contributed by atoms with van der Waals surface area (Å²) in [7, 11) is 2.57. The van der Waals surface area contributed by atoms with Crippen LogP contribution in [0.25, 0.3) is 0 Å². The molecule has 2 saturated heterocycles. The number of nitrogens with zero attached hydrogens (tertiary/aromatic N) is 1. The average Bonchev–Trinajstić information content (AvgIpc) is 3.80. The normalized spacial score (nSPS) is 25.7. The third kappa shape index (κ3) is 16.8. The van der Waals surface area contributed by atoms with Gasteiger partial charge in [-0.3, -0.25) is 38.4 Å². The highest BCUT2D eigenvalue weighted by atomic mass is 33.1. The van der Waals surface area contributed by atoms with Gasteiger partial charge in [0.25, 0.3) is 0 Å². The Morgan fingerprint density at radius 1 is 0.884 bits per heavy atom. The summed E-state index contributed by atoms with van der Waals surface area (Å²) in [6.45, 7) is 7.30. The Hall–Kier alpha value is -5.13. The smallest absolute Gasteiger partial charge is 0.326 e. The lowest BCUT2D eigenvalue weighted by Gasteiger charge is -2.37. The first-order valence-electron chi connectivity index (χ1n) is 23.8. The van der Waals surface area contributed by atoms with Crippen molar-refractivity contribution in [3.05, 3.63) is 29.8 Å². The number of ether oxygens (including phenoxy) is 1. The van der Waals surface area contributed by atoms with Crippen molar-refractivity contribution in [2.75, 3.05) is 25.4 Å². The largest absolute Gasteiger partial charge is 0.494 e. The predicted octanol–water partition coefficient (Wildman–Crippen LogP) is 0.141. The van der Waals surface area contributed by atoms with E-state index in [4.69, 9.17) is 16.2 Å². The van der Waals surface area contributed by atoms with Crippen molar-refractivity contribution in [2.24, 2.45) is 17.4 Å². The van der Waals surface area contributed by atoms with Crippen LogP contribution in [-0.4, -0.2) is 147 Å². The lowest BCUT2D eigenvalue weighted by molar-refractivity contribution is -0.145. The van der Waals surface area contributed by atoms with E-state index in [0.717, 1.165) is 19.3 Å². The van der Waals surface area contributed by atoms with Crippen LogP contribution in [0.5, 0.6) is 5.75 Å². The standard InChI is InChI=1S/C46H71N9O12S2/c1-5-26(3)37-42(62)54-38(27(4)56)43(63)51-32(23-35(48)57)39(59)52-33(44(64)55-21-11-13-34(55)41(61)50-30(45(65)66)12-10-20-47)25-68-69-46(18-8-7-9-19-46)24-36(58)49-31(40(60)53-37)22-28-14-16-29(17-15-28)67-6-2/h14-17,26-27,30-34,37-38,56H,5-13,18-25,47H2,1-4H3,(H2,48,57)(H,49,58)(H,50,61)(H,51,63)(H,52,59)(H,53,60)(H,54,62)(H,65,66)/t26-,27+,30-,31-,32-,33-,34-,37-,38-/m0/s1. The van der Waals surface area contributed by atoms with Gasteiger partial charge in [0, 0.05) is 29.9 Å². The highest BCUT2D eigenvalue weighted by molar-refractivity contribution is 8.77. The fourth-order valence-electron chi connectivity index (χ4n) is 8.66. The number of aliphatic hydroxyl groups excluding tert-OH is 1. The maximum atomic E-state index is 14.6. The molecule has 1 aromatic rings. The number of carbonyl (C=O) groups is 9. The number of hydrogen-bond acceptors (Lipinski definition) is 14. The second-order valence-corrected chi connectivity index (χ2v) is 20.9. The number of hydrogen-bond donors (Lipinski definition) is 10. The van der Waals surface area contributed by atoms with Gasteiger partial charge in [-0.25, -0.2) is 4.79 Å². The summed E-state index contributed by atoms with van der Waals surface area (Å²) in [5.41, 5.74) is 11.8. The number of aliphatic carboxylic acids is 1. The molecule has 69 heavy (non-hydrogen) atoms. The second-order valence-electron chi connectivity index (χ2n) is 18.1. The van der Waals surface area contributed by atoms with Crippen molar-refractivity contribution in [1.82, 2.24) is 36.8 Å². The highest BCUT2D eigenvalue weighted by Gasteiger charge is 2.43. The van der Waals surface area contributed by atoms with Gasteiger partial charge in [-0.15, -0.1) is 0 Å². The number of benzene rings is 1. The Morgan fingerprint density at radius 3 is 2.14 bits per heavy atom. The molecule has 3 aliphatic rings. The molecule has 2 aliphatic heterocycles. The van der Waals surface area contributed by atoms with Crippen molar-refractivity contribution in [3.63, 3.8) is 0 Å². The van der Waals surface area contributed by atoms with E-state index in [1.165, 1.54) is 33.4 Å². The van der Waals surface area contributed by atoms with Gasteiger partial charge in [0.15, 0.2) is 0 Å². The molecular weight excluding hydrogens is 935 g/mol. The third-order valence-corrected chi connectivity index (χ3v) is 16.0. The van der Waals surface area contributed by atoms with E-state index in [0.29, 0.717) is 50.0 Å².